The first-order valence-electron chi connectivity index (χ1n) is 4.60. The number of nitrogens with two attached hydrogens (primary N) is 1. The van der Waals surface area contributed by atoms with Crippen molar-refractivity contribution < 1.29 is 0 Å². The molecular weight excluding hydrogens is 324 g/mol. The molecule has 0 fully saturated rings. The van der Waals surface area contributed by atoms with Gasteiger partial charge < -0.3 is 5.73 Å². The van der Waals surface area contributed by atoms with E-state index in [-0.39, 0.29) is 0 Å². The number of hydrazone groups is 1. The predicted molar refractivity (Wildman–Crippen MR) is 76.9 cm³/mol. The molecule has 2 aromatic rings. The van der Waals surface area contributed by atoms with Crippen molar-refractivity contribution in [2.24, 2.45) is 5.10 Å². The van der Waals surface area contributed by atoms with Gasteiger partial charge in [-0.05, 0) is 33.6 Å². The van der Waals surface area contributed by atoms with Gasteiger partial charge in [0.2, 0.25) is 5.13 Å². The smallest absolute Gasteiger partial charge is 0.205 e. The summed E-state index contributed by atoms with van der Waals surface area (Å²) in [7, 11) is 0. The Morgan fingerprint density at radius 2 is 2.35 bits per heavy atom. The Bertz CT molecular complexity index is 555. The first-order valence-corrected chi connectivity index (χ1v) is 6.65. The molecule has 7 heteroatoms. The lowest BCUT2D eigenvalue weighted by Gasteiger charge is -1.97. The molecule has 0 aliphatic carbocycles. The summed E-state index contributed by atoms with van der Waals surface area (Å²) in [6.07, 6.45) is 1.66. The monoisotopic (exact) mass is 330 g/mol. The van der Waals surface area contributed by atoms with Gasteiger partial charge >= 0.3 is 0 Å². The average molecular weight is 332 g/mol. The first kappa shape index (κ1) is 12.3. The van der Waals surface area contributed by atoms with E-state index >= 15 is 0 Å². The van der Waals surface area contributed by atoms with Gasteiger partial charge in [-0.1, -0.05) is 17.7 Å². The number of hydrogen-bond acceptors (Lipinski definition) is 5. The third-order valence-corrected chi connectivity index (χ3v) is 3.84. The van der Waals surface area contributed by atoms with Gasteiger partial charge in [-0.3, -0.25) is 5.43 Å². The Kier molecular flexibility index (Phi) is 3.98. The number of nitrogens with zero attached hydrogens (tertiary/aromatic N) is 2. The molecule has 0 atom stereocenters. The lowest BCUT2D eigenvalue weighted by Crippen LogP contribution is -1.91. The van der Waals surface area contributed by atoms with Crippen LogP contribution < -0.4 is 11.2 Å². The zero-order valence-corrected chi connectivity index (χ0v) is 11.7. The van der Waals surface area contributed by atoms with Crippen molar-refractivity contribution in [1.29, 1.82) is 0 Å². The summed E-state index contributed by atoms with van der Waals surface area (Å²) in [6, 6.07) is 5.58. The van der Waals surface area contributed by atoms with E-state index in [9.17, 15) is 0 Å². The van der Waals surface area contributed by atoms with Crippen LogP contribution in [0.3, 0.4) is 0 Å². The van der Waals surface area contributed by atoms with Gasteiger partial charge in [-0.15, -0.1) is 11.3 Å². The molecule has 0 aliphatic heterocycles. The highest BCUT2D eigenvalue weighted by atomic mass is 79.9. The summed E-state index contributed by atoms with van der Waals surface area (Å²) in [6.45, 7) is 0. The van der Waals surface area contributed by atoms with Crippen molar-refractivity contribution in [2.45, 2.75) is 0 Å². The van der Waals surface area contributed by atoms with Crippen molar-refractivity contribution in [3.8, 4) is 0 Å². The number of rotatable bonds is 3. The topological polar surface area (TPSA) is 63.3 Å². The molecule has 0 unspecified atom stereocenters. The third-order valence-electron chi connectivity index (χ3n) is 1.84. The number of thiazole rings is 1. The summed E-state index contributed by atoms with van der Waals surface area (Å²) in [5.74, 6) is 0.486. The van der Waals surface area contributed by atoms with Crippen LogP contribution in [0, 0.1) is 0 Å². The molecule has 0 amide bonds. The molecule has 0 spiro atoms. The number of anilines is 2. The molecule has 0 saturated carbocycles. The molecular formula is C10H8BrClN4S. The van der Waals surface area contributed by atoms with Crippen molar-refractivity contribution in [3.05, 3.63) is 38.6 Å². The first-order chi connectivity index (χ1) is 8.15. The predicted octanol–water partition coefficient (Wildman–Crippen LogP) is 3.59. The summed E-state index contributed by atoms with van der Waals surface area (Å²) >= 11 is 10.7. The van der Waals surface area contributed by atoms with Gasteiger partial charge in [0.25, 0.3) is 0 Å². The van der Waals surface area contributed by atoms with Crippen LogP contribution in [0.15, 0.2) is 33.2 Å². The number of halogens is 2. The van der Waals surface area contributed by atoms with Crippen molar-refractivity contribution >= 4 is 56.0 Å². The van der Waals surface area contributed by atoms with Crippen LogP contribution in [-0.4, -0.2) is 11.2 Å². The number of benzene rings is 1. The van der Waals surface area contributed by atoms with Crippen LogP contribution in [0.25, 0.3) is 0 Å². The molecule has 2 rings (SSSR count). The highest BCUT2D eigenvalue weighted by molar-refractivity contribution is 9.10. The molecule has 4 nitrogen and oxygen atoms in total. The van der Waals surface area contributed by atoms with Crippen LogP contribution in [0.2, 0.25) is 5.02 Å². The maximum absolute atomic E-state index is 5.96. The molecule has 0 saturated heterocycles. The van der Waals surface area contributed by atoms with Gasteiger partial charge in [0, 0.05) is 9.85 Å². The molecule has 0 aliphatic rings. The quantitative estimate of drug-likeness (QED) is 0.667. The molecule has 1 aromatic heterocycles. The molecule has 17 heavy (non-hydrogen) atoms. The Morgan fingerprint density at radius 3 is 3.00 bits per heavy atom. The molecule has 0 bridgehead atoms. The van der Waals surface area contributed by atoms with Gasteiger partial charge in [-0.2, -0.15) is 5.10 Å². The summed E-state index contributed by atoms with van der Waals surface area (Å²) in [5.41, 5.74) is 9.17. The lowest BCUT2D eigenvalue weighted by molar-refractivity contribution is 1.29. The Balaban J connectivity index is 2.03. The molecule has 88 valence electrons. The van der Waals surface area contributed by atoms with E-state index in [1.165, 1.54) is 11.3 Å². The van der Waals surface area contributed by atoms with Crippen LogP contribution in [0.5, 0.6) is 0 Å². The van der Waals surface area contributed by atoms with E-state index in [1.807, 2.05) is 18.2 Å². The van der Waals surface area contributed by atoms with Crippen LogP contribution >= 0.6 is 38.9 Å². The number of hydrogen-bond donors (Lipinski definition) is 2. The minimum Gasteiger partial charge on any atom is -0.383 e. The molecule has 3 N–H and O–H groups in total. The molecule has 1 aromatic carbocycles. The lowest BCUT2D eigenvalue weighted by atomic mass is 10.2. The minimum absolute atomic E-state index is 0.486. The summed E-state index contributed by atoms with van der Waals surface area (Å²) in [5, 5.41) is 7.08. The van der Waals surface area contributed by atoms with Gasteiger partial charge in [0.1, 0.15) is 5.82 Å². The van der Waals surface area contributed by atoms with Gasteiger partial charge in [0.15, 0.2) is 0 Å². The number of nitrogens with one attached hydrogen (secondary N) is 1. The Labute approximate surface area is 116 Å². The van der Waals surface area contributed by atoms with E-state index < -0.39 is 0 Å². The minimum atomic E-state index is 0.486. The van der Waals surface area contributed by atoms with E-state index in [2.05, 4.69) is 31.4 Å². The Hall–Kier alpha value is -1.11. The molecule has 0 radical (unpaired) electrons. The highest BCUT2D eigenvalue weighted by Gasteiger charge is 1.97. The zero-order valence-electron chi connectivity index (χ0n) is 8.52. The number of nitrogen functional groups attached to an aromatic ring is 1. The SMILES string of the molecule is Nc1csc(NN=Cc2ccc(Br)c(Cl)c2)n1. The van der Waals surface area contributed by atoms with Crippen molar-refractivity contribution in [1.82, 2.24) is 4.98 Å². The standard InChI is InChI=1S/C10H8BrClN4S/c11-7-2-1-6(3-8(7)12)4-14-16-10-15-9(13)5-17-10/h1-5H,13H2,(H,15,16). The molecule has 1 heterocycles. The van der Waals surface area contributed by atoms with E-state index in [0.29, 0.717) is 16.0 Å². The van der Waals surface area contributed by atoms with E-state index in [1.54, 1.807) is 11.6 Å². The van der Waals surface area contributed by atoms with E-state index in [4.69, 9.17) is 17.3 Å². The fraction of sp³-hybridized carbons (Fsp3) is 0. The second-order valence-electron chi connectivity index (χ2n) is 3.12. The normalized spacial score (nSPS) is 10.9. The second kappa shape index (κ2) is 5.48. The number of aromatic nitrogens is 1. The van der Waals surface area contributed by atoms with E-state index in [0.717, 1.165) is 10.0 Å². The summed E-state index contributed by atoms with van der Waals surface area (Å²) in [4.78, 5) is 4.01. The van der Waals surface area contributed by atoms with Crippen LogP contribution in [0.4, 0.5) is 10.9 Å². The maximum atomic E-state index is 5.96. The van der Waals surface area contributed by atoms with Crippen molar-refractivity contribution in [3.63, 3.8) is 0 Å². The van der Waals surface area contributed by atoms with Crippen LogP contribution in [0.1, 0.15) is 5.56 Å². The zero-order chi connectivity index (χ0) is 12.3. The summed E-state index contributed by atoms with van der Waals surface area (Å²) < 4.78 is 0.858. The fourth-order valence-electron chi connectivity index (χ4n) is 1.09. The largest absolute Gasteiger partial charge is 0.383 e. The average Bonchev–Trinajstić information content (AvgIpc) is 2.70. The second-order valence-corrected chi connectivity index (χ2v) is 5.24. The fourth-order valence-corrected chi connectivity index (χ4v) is 2.08. The Morgan fingerprint density at radius 1 is 1.53 bits per heavy atom. The highest BCUT2D eigenvalue weighted by Crippen LogP contribution is 2.22. The van der Waals surface area contributed by atoms with Gasteiger partial charge in [-0.25, -0.2) is 4.98 Å². The van der Waals surface area contributed by atoms with Crippen LogP contribution in [-0.2, 0) is 0 Å². The maximum Gasteiger partial charge on any atom is 0.205 e. The van der Waals surface area contributed by atoms with Gasteiger partial charge in [0.05, 0.1) is 11.2 Å². The third kappa shape index (κ3) is 3.42. The van der Waals surface area contributed by atoms with Crippen molar-refractivity contribution in [2.75, 3.05) is 11.2 Å².